The van der Waals surface area contributed by atoms with E-state index in [-0.39, 0.29) is 16.4 Å². The molecule has 2 aromatic rings. The van der Waals surface area contributed by atoms with E-state index < -0.39 is 22.6 Å². The van der Waals surface area contributed by atoms with Crippen LogP contribution in [-0.4, -0.2) is 45.9 Å². The van der Waals surface area contributed by atoms with Gasteiger partial charge in [-0.15, -0.1) is 0 Å². The third-order valence-corrected chi connectivity index (χ3v) is 4.85. The number of hydrogen-bond donors (Lipinski definition) is 1. The summed E-state index contributed by atoms with van der Waals surface area (Å²) in [6.45, 7) is 1.44. The van der Waals surface area contributed by atoms with Crippen molar-refractivity contribution in [2.24, 2.45) is 0 Å². The first-order chi connectivity index (χ1) is 12.2. The zero-order valence-electron chi connectivity index (χ0n) is 14.7. The Hall–Kier alpha value is -2.87. The summed E-state index contributed by atoms with van der Waals surface area (Å²) in [5.74, 6) is -1.14. The highest BCUT2D eigenvalue weighted by Crippen LogP contribution is 2.18. The lowest BCUT2D eigenvalue weighted by Crippen LogP contribution is -2.27. The van der Waals surface area contributed by atoms with Crippen LogP contribution < -0.4 is 4.72 Å². The van der Waals surface area contributed by atoms with Crippen LogP contribution in [0.4, 0.5) is 5.69 Å². The van der Waals surface area contributed by atoms with Crippen molar-refractivity contribution >= 4 is 27.6 Å². The Morgan fingerprint density at radius 3 is 2.42 bits per heavy atom. The second kappa shape index (κ2) is 8.01. The number of rotatable bonds is 6. The summed E-state index contributed by atoms with van der Waals surface area (Å²) in [7, 11) is -0.780. The van der Waals surface area contributed by atoms with Crippen molar-refractivity contribution in [1.82, 2.24) is 4.90 Å². The fourth-order valence-corrected chi connectivity index (χ4v) is 3.15. The van der Waals surface area contributed by atoms with E-state index in [1.54, 1.807) is 32.3 Å². The van der Waals surface area contributed by atoms with Crippen LogP contribution in [0, 0.1) is 6.92 Å². The third-order valence-electron chi connectivity index (χ3n) is 3.48. The van der Waals surface area contributed by atoms with Crippen molar-refractivity contribution < 1.29 is 22.7 Å². The van der Waals surface area contributed by atoms with Gasteiger partial charge in [-0.3, -0.25) is 9.52 Å². The number of amides is 1. The van der Waals surface area contributed by atoms with Crippen molar-refractivity contribution in [2.45, 2.75) is 11.8 Å². The molecule has 0 atom stereocenters. The van der Waals surface area contributed by atoms with Crippen LogP contribution in [0.2, 0.25) is 0 Å². The van der Waals surface area contributed by atoms with Gasteiger partial charge < -0.3 is 9.64 Å². The number of aryl methyl sites for hydroxylation is 1. The Bertz CT molecular complexity index is 923. The Balaban J connectivity index is 2.17. The topological polar surface area (TPSA) is 92.8 Å². The molecule has 0 spiro atoms. The molecule has 7 nitrogen and oxygen atoms in total. The molecule has 0 saturated heterocycles. The van der Waals surface area contributed by atoms with Crippen molar-refractivity contribution in [3.8, 4) is 0 Å². The summed E-state index contributed by atoms with van der Waals surface area (Å²) < 4.78 is 32.4. The van der Waals surface area contributed by atoms with Gasteiger partial charge in [0, 0.05) is 19.8 Å². The molecule has 8 heteroatoms. The molecule has 2 rings (SSSR count). The smallest absolute Gasteiger partial charge is 0.338 e. The predicted octanol–water partition coefficient (Wildman–Crippen LogP) is 2.04. The molecular formula is C18H20N2O5S. The minimum absolute atomic E-state index is 0.0451. The quantitative estimate of drug-likeness (QED) is 0.779. The van der Waals surface area contributed by atoms with Crippen LogP contribution in [0.3, 0.4) is 0 Å². The summed E-state index contributed by atoms with van der Waals surface area (Å²) in [4.78, 5) is 24.7. The van der Waals surface area contributed by atoms with Gasteiger partial charge in [0.1, 0.15) is 0 Å². The lowest BCUT2D eigenvalue weighted by Gasteiger charge is -2.11. The molecule has 0 aromatic heterocycles. The first-order valence-corrected chi connectivity index (χ1v) is 9.24. The van der Waals surface area contributed by atoms with E-state index >= 15 is 0 Å². The van der Waals surface area contributed by atoms with E-state index in [0.717, 1.165) is 5.56 Å². The zero-order chi connectivity index (χ0) is 19.3. The Kier molecular flexibility index (Phi) is 5.99. The summed E-state index contributed by atoms with van der Waals surface area (Å²) in [5.41, 5.74) is 1.38. The van der Waals surface area contributed by atoms with Gasteiger partial charge in [-0.25, -0.2) is 13.2 Å². The number of benzene rings is 2. The second-order valence-electron chi connectivity index (χ2n) is 5.87. The average molecular weight is 376 g/mol. The average Bonchev–Trinajstić information content (AvgIpc) is 2.59. The number of carbonyl (C=O) groups is 2. The molecule has 2 aromatic carbocycles. The van der Waals surface area contributed by atoms with Crippen LogP contribution >= 0.6 is 0 Å². The number of nitrogens with zero attached hydrogens (tertiary/aromatic N) is 1. The maximum absolute atomic E-state index is 12.5. The van der Waals surface area contributed by atoms with E-state index in [9.17, 15) is 18.0 Å². The molecule has 1 N–H and O–H groups in total. The van der Waals surface area contributed by atoms with Gasteiger partial charge in [0.05, 0.1) is 10.5 Å². The van der Waals surface area contributed by atoms with Crippen molar-refractivity contribution in [3.63, 3.8) is 0 Å². The van der Waals surface area contributed by atoms with Crippen LogP contribution in [0.5, 0.6) is 0 Å². The van der Waals surface area contributed by atoms with Gasteiger partial charge in [0.15, 0.2) is 6.61 Å². The van der Waals surface area contributed by atoms with Crippen LogP contribution in [-0.2, 0) is 19.6 Å². The minimum atomic E-state index is -3.86. The van der Waals surface area contributed by atoms with Crippen LogP contribution in [0.15, 0.2) is 53.4 Å². The molecule has 0 radical (unpaired) electrons. The fourth-order valence-electron chi connectivity index (χ4n) is 2.05. The monoisotopic (exact) mass is 376 g/mol. The SMILES string of the molecule is Cc1cccc(NS(=O)(=O)c2cccc(C(=O)OCC(=O)N(C)C)c2)c1. The van der Waals surface area contributed by atoms with Gasteiger partial charge in [-0.05, 0) is 42.8 Å². The van der Waals surface area contributed by atoms with E-state index in [2.05, 4.69) is 4.72 Å². The van der Waals surface area contributed by atoms with Gasteiger partial charge in [0.2, 0.25) is 0 Å². The number of anilines is 1. The number of sulfonamides is 1. The van der Waals surface area contributed by atoms with Crippen LogP contribution in [0.25, 0.3) is 0 Å². The van der Waals surface area contributed by atoms with Crippen molar-refractivity contribution in [2.75, 3.05) is 25.4 Å². The number of nitrogens with one attached hydrogen (secondary N) is 1. The highest BCUT2D eigenvalue weighted by molar-refractivity contribution is 7.92. The fraction of sp³-hybridized carbons (Fsp3) is 0.222. The number of ether oxygens (including phenoxy) is 1. The molecule has 138 valence electrons. The first-order valence-electron chi connectivity index (χ1n) is 7.76. The van der Waals surface area contributed by atoms with Crippen molar-refractivity contribution in [3.05, 3.63) is 59.7 Å². The number of hydrogen-bond acceptors (Lipinski definition) is 5. The van der Waals surface area contributed by atoms with Gasteiger partial charge in [-0.2, -0.15) is 0 Å². The molecule has 0 saturated carbocycles. The summed E-state index contributed by atoms with van der Waals surface area (Å²) in [6.07, 6.45) is 0. The Morgan fingerprint density at radius 2 is 1.77 bits per heavy atom. The number of carbonyl (C=O) groups excluding carboxylic acids is 2. The summed E-state index contributed by atoms with van der Waals surface area (Å²) in [6, 6.07) is 12.4. The second-order valence-corrected chi connectivity index (χ2v) is 7.55. The molecule has 0 aliphatic heterocycles. The molecule has 26 heavy (non-hydrogen) atoms. The van der Waals surface area contributed by atoms with Crippen molar-refractivity contribution in [1.29, 1.82) is 0 Å². The predicted molar refractivity (Wildman–Crippen MR) is 97.4 cm³/mol. The van der Waals surface area contributed by atoms with Gasteiger partial charge in [-0.1, -0.05) is 18.2 Å². The first kappa shape index (κ1) is 19.5. The number of likely N-dealkylation sites (N-methyl/N-ethyl adjacent to an activating group) is 1. The van der Waals surface area contributed by atoms with E-state index in [0.29, 0.717) is 5.69 Å². The summed E-state index contributed by atoms with van der Waals surface area (Å²) in [5, 5.41) is 0. The molecule has 0 heterocycles. The lowest BCUT2D eigenvalue weighted by molar-refractivity contribution is -0.131. The maximum Gasteiger partial charge on any atom is 0.338 e. The lowest BCUT2D eigenvalue weighted by atomic mass is 10.2. The van der Waals surface area contributed by atoms with E-state index in [4.69, 9.17) is 4.74 Å². The molecule has 0 aliphatic carbocycles. The molecule has 0 fully saturated rings. The van der Waals surface area contributed by atoms with E-state index in [1.807, 2.05) is 13.0 Å². The normalized spacial score (nSPS) is 10.9. The zero-order valence-corrected chi connectivity index (χ0v) is 15.5. The molecular weight excluding hydrogens is 356 g/mol. The standard InChI is InChI=1S/C18H20N2O5S/c1-13-6-4-8-15(10-13)19-26(23,24)16-9-5-7-14(11-16)18(22)25-12-17(21)20(2)3/h4-11,19H,12H2,1-3H3. The van der Waals surface area contributed by atoms with Gasteiger partial charge in [0.25, 0.3) is 15.9 Å². The Labute approximate surface area is 152 Å². The van der Waals surface area contributed by atoms with E-state index in [1.165, 1.54) is 29.2 Å². The highest BCUT2D eigenvalue weighted by Gasteiger charge is 2.18. The molecule has 0 aliphatic rings. The minimum Gasteiger partial charge on any atom is -0.452 e. The highest BCUT2D eigenvalue weighted by atomic mass is 32.2. The third kappa shape index (κ3) is 5.06. The largest absolute Gasteiger partial charge is 0.452 e. The molecule has 0 unspecified atom stereocenters. The Morgan fingerprint density at radius 1 is 1.08 bits per heavy atom. The molecule has 1 amide bonds. The number of esters is 1. The van der Waals surface area contributed by atoms with Gasteiger partial charge >= 0.3 is 5.97 Å². The summed E-state index contributed by atoms with van der Waals surface area (Å²) >= 11 is 0. The maximum atomic E-state index is 12.5. The van der Waals surface area contributed by atoms with Crippen LogP contribution in [0.1, 0.15) is 15.9 Å². The molecule has 0 bridgehead atoms.